The van der Waals surface area contributed by atoms with Crippen LogP contribution in [-0.2, 0) is 0 Å². The van der Waals surface area contributed by atoms with Crippen LogP contribution in [0, 0.1) is 0 Å². The first-order valence-electron chi connectivity index (χ1n) is 8.76. The number of carbonyl (C=O) groups excluding carboxylic acids is 1. The first-order chi connectivity index (χ1) is 13.2. The van der Waals surface area contributed by atoms with Crippen molar-refractivity contribution in [2.45, 2.75) is 0 Å². The molecule has 1 aliphatic heterocycles. The van der Waals surface area contributed by atoms with Gasteiger partial charge in [-0.05, 0) is 40.8 Å². The van der Waals surface area contributed by atoms with Crippen LogP contribution in [0.4, 0.5) is 5.69 Å². The van der Waals surface area contributed by atoms with Crippen molar-refractivity contribution in [3.8, 4) is 11.4 Å². The van der Waals surface area contributed by atoms with E-state index in [2.05, 4.69) is 26.5 Å². The Balaban J connectivity index is 1.43. The Morgan fingerprint density at radius 3 is 2.52 bits per heavy atom. The molecular formula is C19H20N6O2. The molecule has 0 aliphatic carbocycles. The number of nitrogens with zero attached hydrogens (tertiary/aromatic N) is 6. The number of hydrogen-bond donors (Lipinski definition) is 0. The number of carbonyl (C=O) groups is 1. The molecule has 2 heterocycles. The van der Waals surface area contributed by atoms with Crippen LogP contribution < -0.4 is 9.64 Å². The quantitative estimate of drug-likeness (QED) is 0.700. The topological polar surface area (TPSA) is 76.4 Å². The van der Waals surface area contributed by atoms with E-state index in [0.29, 0.717) is 18.7 Å². The molecule has 0 N–H and O–H groups in total. The Labute approximate surface area is 157 Å². The normalized spacial score (nSPS) is 14.3. The third-order valence-electron chi connectivity index (χ3n) is 4.69. The number of piperazine rings is 1. The average molecular weight is 364 g/mol. The summed E-state index contributed by atoms with van der Waals surface area (Å²) in [6, 6.07) is 15.3. The van der Waals surface area contributed by atoms with E-state index in [1.54, 1.807) is 7.11 Å². The van der Waals surface area contributed by atoms with Gasteiger partial charge < -0.3 is 14.5 Å². The molecule has 4 rings (SSSR count). The summed E-state index contributed by atoms with van der Waals surface area (Å²) < 4.78 is 6.84. The van der Waals surface area contributed by atoms with Crippen LogP contribution in [-0.4, -0.2) is 64.3 Å². The molecule has 0 radical (unpaired) electrons. The summed E-state index contributed by atoms with van der Waals surface area (Å²) in [5.74, 6) is 0.862. The SMILES string of the molecule is COc1cccc(N2CCN(C(=O)c3cccc(-n4cnnn4)c3)CC2)c1. The second-order valence-corrected chi connectivity index (χ2v) is 6.29. The highest BCUT2D eigenvalue weighted by atomic mass is 16.5. The molecule has 0 bridgehead atoms. The summed E-state index contributed by atoms with van der Waals surface area (Å²) in [4.78, 5) is 17.0. The molecule has 1 aliphatic rings. The predicted molar refractivity (Wildman–Crippen MR) is 100 cm³/mol. The third-order valence-corrected chi connectivity index (χ3v) is 4.69. The van der Waals surface area contributed by atoms with E-state index in [4.69, 9.17) is 4.74 Å². The van der Waals surface area contributed by atoms with Gasteiger partial charge in [0.05, 0.1) is 12.8 Å². The van der Waals surface area contributed by atoms with E-state index >= 15 is 0 Å². The van der Waals surface area contributed by atoms with Crippen molar-refractivity contribution in [3.05, 3.63) is 60.4 Å². The second kappa shape index (κ2) is 7.45. The van der Waals surface area contributed by atoms with E-state index in [1.165, 1.54) is 11.0 Å². The van der Waals surface area contributed by atoms with Crippen LogP contribution in [0.2, 0.25) is 0 Å². The van der Waals surface area contributed by atoms with Crippen molar-refractivity contribution in [1.82, 2.24) is 25.1 Å². The maximum atomic E-state index is 12.9. The maximum absolute atomic E-state index is 12.9. The van der Waals surface area contributed by atoms with Crippen molar-refractivity contribution in [2.75, 3.05) is 38.2 Å². The Bertz CT molecular complexity index is 919. The van der Waals surface area contributed by atoms with Gasteiger partial charge in [-0.3, -0.25) is 4.79 Å². The lowest BCUT2D eigenvalue weighted by atomic mass is 10.1. The van der Waals surface area contributed by atoms with E-state index < -0.39 is 0 Å². The molecule has 3 aromatic rings. The van der Waals surface area contributed by atoms with Gasteiger partial charge in [0, 0.05) is 43.5 Å². The minimum atomic E-state index is 0.0233. The van der Waals surface area contributed by atoms with Gasteiger partial charge in [0.15, 0.2) is 0 Å². The van der Waals surface area contributed by atoms with Crippen molar-refractivity contribution in [3.63, 3.8) is 0 Å². The molecule has 1 aromatic heterocycles. The summed E-state index contributed by atoms with van der Waals surface area (Å²) in [6.45, 7) is 2.91. The van der Waals surface area contributed by atoms with Crippen LogP contribution >= 0.6 is 0 Å². The zero-order chi connectivity index (χ0) is 18.6. The molecule has 27 heavy (non-hydrogen) atoms. The minimum Gasteiger partial charge on any atom is -0.497 e. The van der Waals surface area contributed by atoms with Crippen LogP contribution in [0.1, 0.15) is 10.4 Å². The van der Waals surface area contributed by atoms with Gasteiger partial charge >= 0.3 is 0 Å². The summed E-state index contributed by atoms with van der Waals surface area (Å²) in [7, 11) is 1.67. The average Bonchev–Trinajstić information content (AvgIpc) is 3.28. The molecule has 0 atom stereocenters. The lowest BCUT2D eigenvalue weighted by Gasteiger charge is -2.36. The van der Waals surface area contributed by atoms with Crippen LogP contribution in [0.5, 0.6) is 5.75 Å². The molecule has 0 spiro atoms. The number of benzene rings is 2. The Kier molecular flexibility index (Phi) is 4.69. The maximum Gasteiger partial charge on any atom is 0.254 e. The van der Waals surface area contributed by atoms with Crippen LogP contribution in [0.25, 0.3) is 5.69 Å². The smallest absolute Gasteiger partial charge is 0.254 e. The fourth-order valence-corrected chi connectivity index (χ4v) is 3.22. The van der Waals surface area contributed by atoms with E-state index in [-0.39, 0.29) is 5.91 Å². The number of aromatic nitrogens is 4. The van der Waals surface area contributed by atoms with E-state index in [9.17, 15) is 4.79 Å². The number of anilines is 1. The zero-order valence-electron chi connectivity index (χ0n) is 15.0. The molecule has 2 aromatic carbocycles. The van der Waals surface area contributed by atoms with E-state index in [1.807, 2.05) is 47.4 Å². The standard InChI is InChI=1S/C19H20N6O2/c1-27-18-7-3-5-16(13-18)23-8-10-24(11-9-23)19(26)15-4-2-6-17(12-15)25-14-20-21-22-25/h2-7,12-14H,8-11H2,1H3. The molecular weight excluding hydrogens is 344 g/mol. The monoisotopic (exact) mass is 364 g/mol. The molecule has 8 nitrogen and oxygen atoms in total. The molecule has 8 heteroatoms. The van der Waals surface area contributed by atoms with Crippen molar-refractivity contribution >= 4 is 11.6 Å². The Morgan fingerprint density at radius 1 is 1.00 bits per heavy atom. The fraction of sp³-hybridized carbons (Fsp3) is 0.263. The first kappa shape index (κ1) is 17.0. The van der Waals surface area contributed by atoms with Crippen molar-refractivity contribution < 1.29 is 9.53 Å². The number of rotatable bonds is 4. The minimum absolute atomic E-state index is 0.0233. The Hall–Kier alpha value is -3.42. The largest absolute Gasteiger partial charge is 0.497 e. The third kappa shape index (κ3) is 3.59. The van der Waals surface area contributed by atoms with Gasteiger partial charge in [-0.2, -0.15) is 0 Å². The molecule has 1 fully saturated rings. The van der Waals surface area contributed by atoms with Crippen LogP contribution in [0.3, 0.4) is 0 Å². The van der Waals surface area contributed by atoms with Gasteiger partial charge in [0.2, 0.25) is 0 Å². The van der Waals surface area contributed by atoms with Gasteiger partial charge in [0.1, 0.15) is 12.1 Å². The van der Waals surface area contributed by atoms with Gasteiger partial charge in [-0.1, -0.05) is 12.1 Å². The summed E-state index contributed by atoms with van der Waals surface area (Å²) >= 11 is 0. The highest BCUT2D eigenvalue weighted by Crippen LogP contribution is 2.22. The number of tetrazole rings is 1. The Morgan fingerprint density at radius 2 is 1.78 bits per heavy atom. The lowest BCUT2D eigenvalue weighted by molar-refractivity contribution is 0.0746. The molecule has 0 unspecified atom stereocenters. The number of amides is 1. The summed E-state index contributed by atoms with van der Waals surface area (Å²) in [5, 5.41) is 11.1. The highest BCUT2D eigenvalue weighted by Gasteiger charge is 2.22. The van der Waals surface area contributed by atoms with Gasteiger partial charge in [-0.15, -0.1) is 5.10 Å². The number of hydrogen-bond acceptors (Lipinski definition) is 6. The molecule has 1 saturated heterocycles. The van der Waals surface area contributed by atoms with E-state index in [0.717, 1.165) is 30.2 Å². The highest BCUT2D eigenvalue weighted by molar-refractivity contribution is 5.95. The molecule has 0 saturated carbocycles. The van der Waals surface area contributed by atoms with Gasteiger partial charge in [0.25, 0.3) is 5.91 Å². The number of methoxy groups -OCH3 is 1. The second-order valence-electron chi connectivity index (χ2n) is 6.29. The summed E-state index contributed by atoms with van der Waals surface area (Å²) in [5.41, 5.74) is 2.51. The fourth-order valence-electron chi connectivity index (χ4n) is 3.22. The van der Waals surface area contributed by atoms with Gasteiger partial charge in [-0.25, -0.2) is 4.68 Å². The predicted octanol–water partition coefficient (Wildman–Crippen LogP) is 1.63. The van der Waals surface area contributed by atoms with Crippen molar-refractivity contribution in [1.29, 1.82) is 0 Å². The first-order valence-corrected chi connectivity index (χ1v) is 8.76. The number of ether oxygens (including phenoxy) is 1. The zero-order valence-corrected chi connectivity index (χ0v) is 15.0. The molecule has 138 valence electrons. The van der Waals surface area contributed by atoms with Crippen molar-refractivity contribution in [2.24, 2.45) is 0 Å². The molecule has 1 amide bonds. The van der Waals surface area contributed by atoms with Crippen LogP contribution in [0.15, 0.2) is 54.9 Å². The summed E-state index contributed by atoms with van der Waals surface area (Å²) in [6.07, 6.45) is 1.51. The lowest BCUT2D eigenvalue weighted by Crippen LogP contribution is -2.48.